The van der Waals surface area contributed by atoms with E-state index < -0.39 is 0 Å². The van der Waals surface area contributed by atoms with Gasteiger partial charge >= 0.3 is 0 Å². The highest BCUT2D eigenvalue weighted by Gasteiger charge is 2.20. The Morgan fingerprint density at radius 2 is 1.78 bits per heavy atom. The molecule has 2 N–H and O–H groups in total. The number of nitrogens with one attached hydrogen (secondary N) is 2. The van der Waals surface area contributed by atoms with Gasteiger partial charge in [0.1, 0.15) is 0 Å². The number of nitrogens with zero attached hydrogens (tertiary/aromatic N) is 2. The maximum atomic E-state index is 4.77. The lowest BCUT2D eigenvalue weighted by Crippen LogP contribution is -2.23. The van der Waals surface area contributed by atoms with Gasteiger partial charge in [0, 0.05) is 48.2 Å². The average molecular weight is 497 g/mol. The van der Waals surface area contributed by atoms with E-state index in [1.165, 1.54) is 50.5 Å². The van der Waals surface area contributed by atoms with E-state index in [-0.39, 0.29) is 0 Å². The van der Waals surface area contributed by atoms with E-state index in [1.54, 1.807) is 0 Å². The third-order valence-electron chi connectivity index (χ3n) is 7.05. The number of benzene rings is 1. The van der Waals surface area contributed by atoms with E-state index in [4.69, 9.17) is 4.98 Å². The number of pyridine rings is 2. The first-order valence-electron chi connectivity index (χ1n) is 13.2. The molecule has 4 nitrogen and oxygen atoms in total. The lowest BCUT2D eigenvalue weighted by atomic mass is 9.99. The van der Waals surface area contributed by atoms with Crippen molar-refractivity contribution >= 4 is 11.3 Å². The van der Waals surface area contributed by atoms with Gasteiger partial charge in [-0.2, -0.15) is 0 Å². The van der Waals surface area contributed by atoms with Crippen LogP contribution in [-0.2, 0) is 38.9 Å². The molecule has 5 heteroatoms. The van der Waals surface area contributed by atoms with Gasteiger partial charge in [-0.3, -0.25) is 9.97 Å². The van der Waals surface area contributed by atoms with Crippen LogP contribution < -0.4 is 10.6 Å². The van der Waals surface area contributed by atoms with Gasteiger partial charge in [0.2, 0.25) is 0 Å². The molecule has 36 heavy (non-hydrogen) atoms. The molecule has 186 valence electrons. The number of hydrogen-bond donors (Lipinski definition) is 2. The molecule has 1 atom stereocenters. The monoisotopic (exact) mass is 496 g/mol. The number of aryl methyl sites for hydroxylation is 2. The molecule has 5 rings (SSSR count). The number of aromatic nitrogens is 2. The summed E-state index contributed by atoms with van der Waals surface area (Å²) >= 11 is 1.94. The van der Waals surface area contributed by atoms with Gasteiger partial charge in [-0.15, -0.1) is 11.3 Å². The lowest BCUT2D eigenvalue weighted by Gasteiger charge is -2.20. The third-order valence-corrected chi connectivity index (χ3v) is 8.28. The van der Waals surface area contributed by atoms with Crippen LogP contribution in [0.15, 0.2) is 73.1 Å². The van der Waals surface area contributed by atoms with Crippen LogP contribution in [0.1, 0.15) is 75.6 Å². The van der Waals surface area contributed by atoms with Crippen molar-refractivity contribution in [3.8, 4) is 0 Å². The zero-order valence-electron chi connectivity index (χ0n) is 21.2. The Morgan fingerprint density at radius 3 is 2.64 bits per heavy atom. The zero-order chi connectivity index (χ0) is 24.6. The van der Waals surface area contributed by atoms with Crippen molar-refractivity contribution in [2.24, 2.45) is 0 Å². The molecule has 0 aliphatic heterocycles. The summed E-state index contributed by atoms with van der Waals surface area (Å²) in [6.07, 6.45) is 10.7. The second-order valence-corrected chi connectivity index (χ2v) is 10.9. The highest BCUT2D eigenvalue weighted by atomic mass is 32.1. The first kappa shape index (κ1) is 24.8. The summed E-state index contributed by atoms with van der Waals surface area (Å²) in [7, 11) is 0. The molecule has 1 aliphatic carbocycles. The topological polar surface area (TPSA) is 49.8 Å². The maximum Gasteiger partial charge on any atom is 0.0605 e. The van der Waals surface area contributed by atoms with E-state index in [1.807, 2.05) is 35.9 Å². The summed E-state index contributed by atoms with van der Waals surface area (Å²) in [4.78, 5) is 12.1. The minimum Gasteiger partial charge on any atom is -0.307 e. The van der Waals surface area contributed by atoms with Crippen molar-refractivity contribution in [1.82, 2.24) is 20.6 Å². The molecule has 0 radical (unpaired) electrons. The van der Waals surface area contributed by atoms with Gasteiger partial charge in [-0.1, -0.05) is 43.7 Å². The number of hydrogen-bond acceptors (Lipinski definition) is 5. The normalized spacial score (nSPS) is 15.4. The van der Waals surface area contributed by atoms with Crippen molar-refractivity contribution in [2.75, 3.05) is 0 Å². The molecule has 0 saturated heterocycles. The van der Waals surface area contributed by atoms with Crippen LogP contribution in [0.25, 0.3) is 0 Å². The fraction of sp³-hybridized carbons (Fsp3) is 0.355. The first-order chi connectivity index (χ1) is 17.8. The highest BCUT2D eigenvalue weighted by Crippen LogP contribution is 2.28. The lowest BCUT2D eigenvalue weighted by molar-refractivity contribution is 0.479. The SMILES string of the molecule is CCc1ccc(Cc2cc(CNCc3ccccn3)ccc2CNC2CCCCc3cccnc32)s1. The van der Waals surface area contributed by atoms with Crippen LogP contribution >= 0.6 is 11.3 Å². The molecule has 0 fully saturated rings. The molecule has 1 unspecified atom stereocenters. The predicted molar refractivity (Wildman–Crippen MR) is 149 cm³/mol. The van der Waals surface area contributed by atoms with E-state index in [0.29, 0.717) is 6.04 Å². The van der Waals surface area contributed by atoms with Crippen molar-refractivity contribution in [2.45, 2.75) is 71.1 Å². The Morgan fingerprint density at radius 1 is 0.861 bits per heavy atom. The summed E-state index contributed by atoms with van der Waals surface area (Å²) < 4.78 is 0. The first-order valence-corrected chi connectivity index (χ1v) is 14.1. The predicted octanol–water partition coefficient (Wildman–Crippen LogP) is 6.54. The Balaban J connectivity index is 1.31. The van der Waals surface area contributed by atoms with Crippen LogP contribution in [-0.4, -0.2) is 9.97 Å². The zero-order valence-corrected chi connectivity index (χ0v) is 22.0. The Labute approximate surface area is 219 Å². The molecule has 0 spiro atoms. The van der Waals surface area contributed by atoms with Gasteiger partial charge in [0.05, 0.1) is 17.4 Å². The van der Waals surface area contributed by atoms with Crippen LogP contribution in [0.5, 0.6) is 0 Å². The molecule has 3 heterocycles. The van der Waals surface area contributed by atoms with Crippen LogP contribution in [0.3, 0.4) is 0 Å². The molecule has 1 aromatic carbocycles. The fourth-order valence-electron chi connectivity index (χ4n) is 5.07. The number of rotatable bonds is 10. The quantitative estimate of drug-likeness (QED) is 0.245. The summed E-state index contributed by atoms with van der Waals surface area (Å²) in [5.74, 6) is 0. The summed E-state index contributed by atoms with van der Waals surface area (Å²) in [6, 6.07) is 22.3. The minimum atomic E-state index is 0.324. The van der Waals surface area contributed by atoms with E-state index in [0.717, 1.165) is 51.0 Å². The van der Waals surface area contributed by atoms with Crippen molar-refractivity contribution in [3.05, 3.63) is 116 Å². The molecular formula is C31H36N4S. The Bertz CT molecular complexity index is 1250. The van der Waals surface area contributed by atoms with Gasteiger partial charge < -0.3 is 10.6 Å². The van der Waals surface area contributed by atoms with Crippen LogP contribution in [0.4, 0.5) is 0 Å². The number of thiophene rings is 1. The van der Waals surface area contributed by atoms with Gasteiger partial charge in [0.15, 0.2) is 0 Å². The molecule has 0 amide bonds. The average Bonchev–Trinajstić information content (AvgIpc) is 3.27. The highest BCUT2D eigenvalue weighted by molar-refractivity contribution is 7.12. The standard InChI is InChI=1S/C31H36N4S/c1-2-28-14-15-29(36-28)19-26-18-23(20-32-22-27-10-5-6-16-33-27)12-13-25(26)21-35-30-11-4-3-8-24-9-7-17-34-31(24)30/h5-7,9-10,12-18,30,32,35H,2-4,8,11,19-22H2,1H3. The second kappa shape index (κ2) is 12.4. The van der Waals surface area contributed by atoms with Gasteiger partial charge in [-0.05, 0) is 78.3 Å². The number of fused-ring (bicyclic) bond motifs is 1. The molecule has 1 aliphatic rings. The van der Waals surface area contributed by atoms with Gasteiger partial charge in [0.25, 0.3) is 0 Å². The summed E-state index contributed by atoms with van der Waals surface area (Å²) in [6.45, 7) is 4.71. The molecule has 3 aromatic heterocycles. The van der Waals surface area contributed by atoms with Crippen molar-refractivity contribution < 1.29 is 0 Å². The largest absolute Gasteiger partial charge is 0.307 e. The fourth-order valence-corrected chi connectivity index (χ4v) is 6.05. The van der Waals surface area contributed by atoms with E-state index >= 15 is 0 Å². The van der Waals surface area contributed by atoms with E-state index in [9.17, 15) is 0 Å². The molecular weight excluding hydrogens is 460 g/mol. The molecule has 4 aromatic rings. The van der Waals surface area contributed by atoms with E-state index in [2.05, 4.69) is 71.1 Å². The Hall–Kier alpha value is -2.86. The van der Waals surface area contributed by atoms with Crippen LogP contribution in [0.2, 0.25) is 0 Å². The summed E-state index contributed by atoms with van der Waals surface area (Å²) in [5.41, 5.74) is 7.85. The van der Waals surface area contributed by atoms with Crippen molar-refractivity contribution in [3.63, 3.8) is 0 Å². The van der Waals surface area contributed by atoms with Crippen molar-refractivity contribution in [1.29, 1.82) is 0 Å². The molecule has 0 bridgehead atoms. The maximum absolute atomic E-state index is 4.77. The minimum absolute atomic E-state index is 0.324. The second-order valence-electron chi connectivity index (χ2n) is 9.65. The van der Waals surface area contributed by atoms with Gasteiger partial charge in [-0.25, -0.2) is 0 Å². The summed E-state index contributed by atoms with van der Waals surface area (Å²) in [5, 5.41) is 7.44. The van der Waals surface area contributed by atoms with Crippen LogP contribution in [0, 0.1) is 0 Å². The smallest absolute Gasteiger partial charge is 0.0605 e. The molecule has 0 saturated carbocycles. The third kappa shape index (κ3) is 6.47. The Kier molecular flexibility index (Phi) is 8.55.